The van der Waals surface area contributed by atoms with Crippen LogP contribution in [-0.2, 0) is 5.75 Å². The fraction of sp³-hybridized carbons (Fsp3) is 0.0833. The molecule has 3 rings (SSSR count). The van der Waals surface area contributed by atoms with Crippen molar-refractivity contribution in [2.75, 3.05) is 5.73 Å². The maximum Gasteiger partial charge on any atom is 0.257 e. The van der Waals surface area contributed by atoms with E-state index in [4.69, 9.17) is 10.2 Å². The van der Waals surface area contributed by atoms with Crippen LogP contribution in [0.3, 0.4) is 0 Å². The van der Waals surface area contributed by atoms with Crippen LogP contribution >= 0.6 is 11.8 Å². The molecule has 0 aliphatic heterocycles. The lowest BCUT2D eigenvalue weighted by Gasteiger charge is -1.97. The standard InChI is InChI=1S/C12H10N4OS/c13-11-14-6-5-8(15-11)7-18-12-16-9-3-1-2-4-10(9)17-12/h1-6H,7H2,(H2,13,14,15). The zero-order chi connectivity index (χ0) is 12.4. The van der Waals surface area contributed by atoms with E-state index < -0.39 is 0 Å². The van der Waals surface area contributed by atoms with Gasteiger partial charge in [0.25, 0.3) is 5.22 Å². The van der Waals surface area contributed by atoms with E-state index in [1.54, 1.807) is 6.20 Å². The van der Waals surface area contributed by atoms with Crippen LogP contribution in [0, 0.1) is 0 Å². The summed E-state index contributed by atoms with van der Waals surface area (Å²) in [6.45, 7) is 0. The van der Waals surface area contributed by atoms with Gasteiger partial charge in [0, 0.05) is 11.9 Å². The van der Waals surface area contributed by atoms with E-state index in [0.717, 1.165) is 16.8 Å². The molecule has 0 radical (unpaired) electrons. The number of thioether (sulfide) groups is 1. The maximum atomic E-state index is 5.60. The molecular weight excluding hydrogens is 248 g/mol. The fourth-order valence-corrected chi connectivity index (χ4v) is 2.29. The van der Waals surface area contributed by atoms with Gasteiger partial charge in [0.1, 0.15) is 5.52 Å². The summed E-state index contributed by atoms with van der Waals surface area (Å²) in [6, 6.07) is 9.50. The summed E-state index contributed by atoms with van der Waals surface area (Å²) in [4.78, 5) is 12.3. The smallest absolute Gasteiger partial charge is 0.257 e. The number of rotatable bonds is 3. The second-order valence-corrected chi connectivity index (χ2v) is 4.57. The van der Waals surface area contributed by atoms with E-state index >= 15 is 0 Å². The predicted octanol–water partition coefficient (Wildman–Crippen LogP) is 2.49. The van der Waals surface area contributed by atoms with Gasteiger partial charge in [0.15, 0.2) is 5.58 Å². The number of nitrogen functional groups attached to an aromatic ring is 1. The first-order valence-electron chi connectivity index (χ1n) is 5.37. The summed E-state index contributed by atoms with van der Waals surface area (Å²) in [7, 11) is 0. The molecule has 1 aromatic carbocycles. The molecule has 90 valence electrons. The summed E-state index contributed by atoms with van der Waals surface area (Å²) in [5.74, 6) is 0.935. The van der Waals surface area contributed by atoms with Crippen LogP contribution in [0.2, 0.25) is 0 Å². The second kappa shape index (κ2) is 4.66. The Kier molecular flexibility index (Phi) is 2.85. The van der Waals surface area contributed by atoms with Crippen molar-refractivity contribution in [3.63, 3.8) is 0 Å². The van der Waals surface area contributed by atoms with Crippen LogP contribution in [-0.4, -0.2) is 15.0 Å². The van der Waals surface area contributed by atoms with Crippen molar-refractivity contribution < 1.29 is 4.42 Å². The van der Waals surface area contributed by atoms with Gasteiger partial charge in [-0.25, -0.2) is 15.0 Å². The van der Waals surface area contributed by atoms with E-state index in [1.165, 1.54) is 11.8 Å². The molecule has 0 amide bonds. The number of benzene rings is 1. The predicted molar refractivity (Wildman–Crippen MR) is 70.0 cm³/mol. The molecule has 0 atom stereocenters. The van der Waals surface area contributed by atoms with Gasteiger partial charge in [-0.05, 0) is 18.2 Å². The molecule has 2 heterocycles. The Bertz CT molecular complexity index is 649. The first-order chi connectivity index (χ1) is 8.81. The lowest BCUT2D eigenvalue weighted by molar-refractivity contribution is 0.489. The van der Waals surface area contributed by atoms with Gasteiger partial charge < -0.3 is 10.2 Å². The van der Waals surface area contributed by atoms with Gasteiger partial charge in [-0.1, -0.05) is 23.9 Å². The largest absolute Gasteiger partial charge is 0.431 e. The Morgan fingerprint density at radius 3 is 2.89 bits per heavy atom. The Morgan fingerprint density at radius 1 is 1.17 bits per heavy atom. The molecule has 0 saturated carbocycles. The Hall–Kier alpha value is -2.08. The van der Waals surface area contributed by atoms with Crippen LogP contribution in [0.5, 0.6) is 0 Å². The van der Waals surface area contributed by atoms with E-state index in [-0.39, 0.29) is 5.95 Å². The van der Waals surface area contributed by atoms with Crippen molar-refractivity contribution in [1.29, 1.82) is 0 Å². The second-order valence-electron chi connectivity index (χ2n) is 3.64. The number of hydrogen-bond acceptors (Lipinski definition) is 6. The van der Waals surface area contributed by atoms with Gasteiger partial charge in [-0.15, -0.1) is 0 Å². The maximum absolute atomic E-state index is 5.60. The number of nitrogens with zero attached hydrogens (tertiary/aromatic N) is 3. The lowest BCUT2D eigenvalue weighted by atomic mass is 10.3. The van der Waals surface area contributed by atoms with Gasteiger partial charge in [-0.3, -0.25) is 0 Å². The van der Waals surface area contributed by atoms with Crippen molar-refractivity contribution in [3.05, 3.63) is 42.2 Å². The van der Waals surface area contributed by atoms with E-state index in [9.17, 15) is 0 Å². The zero-order valence-corrected chi connectivity index (χ0v) is 10.2. The number of aromatic nitrogens is 3. The molecule has 2 aromatic heterocycles. The molecule has 0 fully saturated rings. The van der Waals surface area contributed by atoms with E-state index in [2.05, 4.69) is 15.0 Å². The van der Waals surface area contributed by atoms with E-state index in [1.807, 2.05) is 30.3 Å². The molecule has 0 aliphatic rings. The summed E-state index contributed by atoms with van der Waals surface area (Å²) in [5, 5.41) is 0.633. The van der Waals surface area contributed by atoms with Gasteiger partial charge in [0.05, 0.1) is 5.69 Å². The summed E-state index contributed by atoms with van der Waals surface area (Å²) in [6.07, 6.45) is 1.64. The van der Waals surface area contributed by atoms with Crippen LogP contribution < -0.4 is 5.73 Å². The Balaban J connectivity index is 1.76. The minimum Gasteiger partial charge on any atom is -0.431 e. The number of para-hydroxylation sites is 2. The van der Waals surface area contributed by atoms with Crippen LogP contribution in [0.25, 0.3) is 11.1 Å². The zero-order valence-electron chi connectivity index (χ0n) is 9.41. The number of fused-ring (bicyclic) bond motifs is 1. The quantitative estimate of drug-likeness (QED) is 0.727. The molecule has 18 heavy (non-hydrogen) atoms. The van der Waals surface area contributed by atoms with Crippen molar-refractivity contribution in [2.45, 2.75) is 11.0 Å². The monoisotopic (exact) mass is 258 g/mol. The number of oxazole rings is 1. The van der Waals surface area contributed by atoms with Crippen LogP contribution in [0.15, 0.2) is 46.2 Å². The third-order valence-electron chi connectivity index (χ3n) is 2.35. The topological polar surface area (TPSA) is 77.8 Å². The summed E-state index contributed by atoms with van der Waals surface area (Å²) in [5.41, 5.74) is 8.03. The normalized spacial score (nSPS) is 10.9. The highest BCUT2D eigenvalue weighted by atomic mass is 32.2. The number of anilines is 1. The summed E-state index contributed by atoms with van der Waals surface area (Å²) < 4.78 is 5.60. The molecule has 2 N–H and O–H groups in total. The minimum absolute atomic E-state index is 0.283. The van der Waals surface area contributed by atoms with Crippen molar-refractivity contribution in [2.24, 2.45) is 0 Å². The summed E-state index contributed by atoms with van der Waals surface area (Å²) >= 11 is 1.48. The number of nitrogens with two attached hydrogens (primary N) is 1. The van der Waals surface area contributed by atoms with E-state index in [0.29, 0.717) is 11.0 Å². The van der Waals surface area contributed by atoms with Crippen LogP contribution in [0.4, 0.5) is 5.95 Å². The highest BCUT2D eigenvalue weighted by molar-refractivity contribution is 7.98. The van der Waals surface area contributed by atoms with Crippen molar-refractivity contribution in [1.82, 2.24) is 15.0 Å². The third kappa shape index (κ3) is 2.28. The molecule has 0 spiro atoms. The average molecular weight is 258 g/mol. The molecular formula is C12H10N4OS. The molecule has 0 aliphatic carbocycles. The first-order valence-corrected chi connectivity index (χ1v) is 6.35. The molecule has 6 heteroatoms. The van der Waals surface area contributed by atoms with Crippen molar-refractivity contribution >= 4 is 28.8 Å². The van der Waals surface area contributed by atoms with Crippen molar-refractivity contribution in [3.8, 4) is 0 Å². The first kappa shape index (κ1) is 11.0. The third-order valence-corrected chi connectivity index (χ3v) is 3.21. The highest BCUT2D eigenvalue weighted by Gasteiger charge is 2.06. The Labute approximate surface area is 107 Å². The number of hydrogen-bond donors (Lipinski definition) is 1. The average Bonchev–Trinajstić information content (AvgIpc) is 2.79. The van der Waals surface area contributed by atoms with Gasteiger partial charge in [-0.2, -0.15) is 0 Å². The van der Waals surface area contributed by atoms with Crippen LogP contribution in [0.1, 0.15) is 5.69 Å². The molecule has 0 unspecified atom stereocenters. The van der Waals surface area contributed by atoms with Gasteiger partial charge in [0.2, 0.25) is 5.95 Å². The Morgan fingerprint density at radius 2 is 2.06 bits per heavy atom. The highest BCUT2D eigenvalue weighted by Crippen LogP contribution is 2.25. The molecule has 0 bridgehead atoms. The molecule has 3 aromatic rings. The minimum atomic E-state index is 0.283. The van der Waals surface area contributed by atoms with Gasteiger partial charge >= 0.3 is 0 Å². The molecule has 5 nitrogen and oxygen atoms in total. The molecule has 0 saturated heterocycles. The SMILES string of the molecule is Nc1nccc(CSc2nc3ccccc3o2)n1. The fourth-order valence-electron chi connectivity index (χ4n) is 1.54. The lowest BCUT2D eigenvalue weighted by Crippen LogP contribution is -1.96.